The monoisotopic (exact) mass is 245 g/mol. The van der Waals surface area contributed by atoms with Gasteiger partial charge in [0, 0.05) is 16.3 Å². The summed E-state index contributed by atoms with van der Waals surface area (Å²) in [5.74, 6) is 0. The van der Waals surface area contributed by atoms with Crippen molar-refractivity contribution in [1.29, 1.82) is 0 Å². The topological polar surface area (TPSA) is 12.9 Å². The molecule has 0 aliphatic rings. The first-order valence-electron chi connectivity index (χ1n) is 5.78. The van der Waals surface area contributed by atoms with Crippen molar-refractivity contribution in [2.45, 2.75) is 0 Å². The van der Waals surface area contributed by atoms with E-state index in [0.717, 1.165) is 11.0 Å². The number of fused-ring (bicyclic) bond motifs is 5. The molecule has 0 fully saturated rings. The average Bonchev–Trinajstić information content (AvgIpc) is 2.77. The molecule has 82 valence electrons. The molecule has 0 aliphatic heterocycles. The lowest BCUT2D eigenvalue weighted by atomic mass is 9.93. The molecule has 0 atom stereocenters. The lowest BCUT2D eigenvalue weighted by molar-refractivity contribution is 1.44. The van der Waals surface area contributed by atoms with Crippen molar-refractivity contribution >= 4 is 55.7 Å². The maximum absolute atomic E-state index is 5.83. The highest BCUT2D eigenvalue weighted by Crippen LogP contribution is 2.36. The molecule has 2 aromatic carbocycles. The van der Waals surface area contributed by atoms with Gasteiger partial charge in [0.2, 0.25) is 0 Å². The van der Waals surface area contributed by atoms with Gasteiger partial charge in [-0.2, -0.15) is 0 Å². The van der Waals surface area contributed by atoms with E-state index in [-0.39, 0.29) is 0 Å². The molecule has 2 aromatic heterocycles. The number of aromatic nitrogens is 1. The Morgan fingerprint density at radius 3 is 2.83 bits per heavy atom. The van der Waals surface area contributed by atoms with Gasteiger partial charge < -0.3 is 0 Å². The van der Waals surface area contributed by atoms with Crippen LogP contribution >= 0.6 is 11.3 Å². The Balaban J connectivity index is 2.28. The molecule has 4 aromatic rings. The van der Waals surface area contributed by atoms with Crippen LogP contribution in [0.25, 0.3) is 31.1 Å². The predicted octanol–water partition coefficient (Wildman–Crippen LogP) is 3.40. The van der Waals surface area contributed by atoms with Gasteiger partial charge in [0.05, 0.1) is 10.2 Å². The SMILES string of the molecule is [B]c1ccc2c(ccc3c4ncccc4sc23)c1. The van der Waals surface area contributed by atoms with Crippen LogP contribution in [0.2, 0.25) is 0 Å². The molecule has 0 N–H and O–H groups in total. The van der Waals surface area contributed by atoms with E-state index < -0.39 is 0 Å². The molecule has 0 saturated heterocycles. The molecule has 0 amide bonds. The van der Waals surface area contributed by atoms with E-state index in [1.54, 1.807) is 11.3 Å². The summed E-state index contributed by atoms with van der Waals surface area (Å²) in [4.78, 5) is 4.48. The third kappa shape index (κ3) is 1.31. The quantitative estimate of drug-likeness (QED) is 0.433. The molecule has 0 bridgehead atoms. The van der Waals surface area contributed by atoms with E-state index >= 15 is 0 Å². The molecule has 4 rings (SSSR count). The Labute approximate surface area is 109 Å². The van der Waals surface area contributed by atoms with Gasteiger partial charge in [-0.25, -0.2) is 0 Å². The van der Waals surface area contributed by atoms with E-state index in [1.807, 2.05) is 24.4 Å². The first-order valence-corrected chi connectivity index (χ1v) is 6.60. The molecular weight excluding hydrogens is 237 g/mol. The maximum atomic E-state index is 5.83. The van der Waals surface area contributed by atoms with Crippen LogP contribution in [0.5, 0.6) is 0 Å². The van der Waals surface area contributed by atoms with Crippen LogP contribution in [0.1, 0.15) is 0 Å². The Morgan fingerprint density at radius 1 is 1.00 bits per heavy atom. The molecule has 0 unspecified atom stereocenters. The number of hydrogen-bond donors (Lipinski definition) is 0. The second kappa shape index (κ2) is 3.56. The molecule has 3 heteroatoms. The summed E-state index contributed by atoms with van der Waals surface area (Å²) in [6.07, 6.45) is 1.85. The van der Waals surface area contributed by atoms with Crippen molar-refractivity contribution in [2.75, 3.05) is 0 Å². The van der Waals surface area contributed by atoms with E-state index in [4.69, 9.17) is 7.85 Å². The van der Waals surface area contributed by atoms with Gasteiger partial charge in [0.1, 0.15) is 7.85 Å². The second-order valence-electron chi connectivity index (χ2n) is 4.38. The van der Waals surface area contributed by atoms with Gasteiger partial charge in [-0.1, -0.05) is 35.8 Å². The molecule has 1 nitrogen and oxygen atoms in total. The Bertz CT molecular complexity index is 895. The normalized spacial score (nSPS) is 11.6. The third-order valence-corrected chi connectivity index (χ3v) is 4.43. The molecule has 0 saturated carbocycles. The first kappa shape index (κ1) is 10.1. The van der Waals surface area contributed by atoms with Crippen LogP contribution in [-0.2, 0) is 0 Å². The van der Waals surface area contributed by atoms with E-state index in [0.29, 0.717) is 0 Å². The minimum Gasteiger partial charge on any atom is -0.255 e. The summed E-state index contributed by atoms with van der Waals surface area (Å²) in [6, 6.07) is 14.4. The van der Waals surface area contributed by atoms with Crippen molar-refractivity contribution in [3.8, 4) is 0 Å². The molecule has 0 aliphatic carbocycles. The van der Waals surface area contributed by atoms with Crippen LogP contribution in [-0.4, -0.2) is 12.8 Å². The zero-order valence-corrected chi connectivity index (χ0v) is 10.4. The zero-order chi connectivity index (χ0) is 12.1. The molecule has 0 spiro atoms. The lowest BCUT2D eigenvalue weighted by Crippen LogP contribution is -1.99. The Morgan fingerprint density at radius 2 is 1.89 bits per heavy atom. The summed E-state index contributed by atoms with van der Waals surface area (Å²) < 4.78 is 2.53. The first-order chi connectivity index (χ1) is 8.83. The maximum Gasteiger partial charge on any atom is 0.113 e. The third-order valence-electron chi connectivity index (χ3n) is 3.23. The fourth-order valence-corrected chi connectivity index (χ4v) is 3.60. The average molecular weight is 245 g/mol. The summed E-state index contributed by atoms with van der Waals surface area (Å²) in [5, 5.41) is 3.67. The van der Waals surface area contributed by atoms with Crippen molar-refractivity contribution in [3.05, 3.63) is 48.7 Å². The van der Waals surface area contributed by atoms with Crippen LogP contribution < -0.4 is 5.46 Å². The van der Waals surface area contributed by atoms with Crippen LogP contribution in [0.4, 0.5) is 0 Å². The summed E-state index contributed by atoms with van der Waals surface area (Å²) >= 11 is 1.79. The van der Waals surface area contributed by atoms with Crippen molar-refractivity contribution in [2.24, 2.45) is 0 Å². The fraction of sp³-hybridized carbons (Fsp3) is 0. The predicted molar refractivity (Wildman–Crippen MR) is 80.0 cm³/mol. The number of thiophene rings is 1. The number of hydrogen-bond acceptors (Lipinski definition) is 2. The van der Waals surface area contributed by atoms with Crippen molar-refractivity contribution in [3.63, 3.8) is 0 Å². The van der Waals surface area contributed by atoms with Crippen molar-refractivity contribution in [1.82, 2.24) is 4.98 Å². The van der Waals surface area contributed by atoms with Crippen molar-refractivity contribution < 1.29 is 0 Å². The lowest BCUT2D eigenvalue weighted by Gasteiger charge is -2.00. The standard InChI is InChI=1S/C15H8BNS/c16-10-4-6-11-9(8-10)3-5-12-14-13(18-15(11)12)2-1-7-17-14/h1-8H. The minimum atomic E-state index is 0.807. The Hall–Kier alpha value is -1.87. The van der Waals surface area contributed by atoms with Gasteiger partial charge in [-0.05, 0) is 22.9 Å². The zero-order valence-electron chi connectivity index (χ0n) is 9.55. The highest BCUT2D eigenvalue weighted by atomic mass is 32.1. The highest BCUT2D eigenvalue weighted by molar-refractivity contribution is 7.26. The van der Waals surface area contributed by atoms with Gasteiger partial charge >= 0.3 is 0 Å². The van der Waals surface area contributed by atoms with Gasteiger partial charge in [0.15, 0.2) is 0 Å². The molecule has 2 heterocycles. The fourth-order valence-electron chi connectivity index (χ4n) is 2.40. The van der Waals surface area contributed by atoms with E-state index in [2.05, 4.69) is 29.2 Å². The Kier molecular flexibility index (Phi) is 2.00. The smallest absolute Gasteiger partial charge is 0.113 e. The molecular formula is C15H8BNS. The van der Waals surface area contributed by atoms with Gasteiger partial charge in [0.25, 0.3) is 0 Å². The number of benzene rings is 2. The highest BCUT2D eigenvalue weighted by Gasteiger charge is 2.08. The number of pyridine rings is 1. The molecule has 18 heavy (non-hydrogen) atoms. The summed E-state index contributed by atoms with van der Waals surface area (Å²) in [6.45, 7) is 0. The van der Waals surface area contributed by atoms with Crippen LogP contribution in [0.15, 0.2) is 48.7 Å². The van der Waals surface area contributed by atoms with Crippen LogP contribution in [0, 0.1) is 0 Å². The second-order valence-corrected chi connectivity index (χ2v) is 5.43. The summed E-state index contributed by atoms with van der Waals surface area (Å²) in [5.41, 5.74) is 1.90. The summed E-state index contributed by atoms with van der Waals surface area (Å²) in [7, 11) is 5.83. The number of rotatable bonds is 0. The van der Waals surface area contributed by atoms with Crippen LogP contribution in [0.3, 0.4) is 0 Å². The minimum absolute atomic E-state index is 0.807. The van der Waals surface area contributed by atoms with E-state index in [1.165, 1.54) is 25.6 Å². The number of nitrogens with zero attached hydrogens (tertiary/aromatic N) is 1. The molecule has 2 radical (unpaired) electrons. The van der Waals surface area contributed by atoms with E-state index in [9.17, 15) is 0 Å². The van der Waals surface area contributed by atoms with Gasteiger partial charge in [-0.3, -0.25) is 4.98 Å². The van der Waals surface area contributed by atoms with Gasteiger partial charge in [-0.15, -0.1) is 11.3 Å². The largest absolute Gasteiger partial charge is 0.255 e.